The van der Waals surface area contributed by atoms with Gasteiger partial charge in [0.2, 0.25) is 0 Å². The molecular weight excluding hydrogens is 256 g/mol. The van der Waals surface area contributed by atoms with Crippen LogP contribution in [0.4, 0.5) is 0 Å². The Balaban J connectivity index is 1.68. The van der Waals surface area contributed by atoms with Gasteiger partial charge in [0, 0.05) is 0 Å². The molecule has 4 rings (SSSR count). The van der Waals surface area contributed by atoms with Crippen molar-refractivity contribution in [3.63, 3.8) is 0 Å². The second-order valence-corrected chi connectivity index (χ2v) is 5.39. The lowest BCUT2D eigenvalue weighted by atomic mass is 10.00. The largest absolute Gasteiger partial charge is 0.489 e. The van der Waals surface area contributed by atoms with E-state index in [9.17, 15) is 0 Å². The van der Waals surface area contributed by atoms with Gasteiger partial charge in [-0.15, -0.1) is 0 Å². The molecule has 1 nitrogen and oxygen atoms in total. The van der Waals surface area contributed by atoms with Gasteiger partial charge in [0.1, 0.15) is 12.4 Å². The zero-order chi connectivity index (χ0) is 14.1. The van der Waals surface area contributed by atoms with Crippen molar-refractivity contribution in [1.29, 1.82) is 0 Å². The van der Waals surface area contributed by atoms with Gasteiger partial charge in [0.05, 0.1) is 0 Å². The van der Waals surface area contributed by atoms with Crippen molar-refractivity contribution in [3.8, 4) is 16.9 Å². The number of rotatable bonds is 3. The van der Waals surface area contributed by atoms with Crippen molar-refractivity contribution in [1.82, 2.24) is 0 Å². The molecule has 0 saturated heterocycles. The fourth-order valence-corrected chi connectivity index (χ4v) is 3.07. The van der Waals surface area contributed by atoms with E-state index in [-0.39, 0.29) is 0 Å². The summed E-state index contributed by atoms with van der Waals surface area (Å²) in [6.07, 6.45) is 1.03. The third-order valence-corrected chi connectivity index (χ3v) is 4.04. The maximum Gasteiger partial charge on any atom is 0.119 e. The van der Waals surface area contributed by atoms with E-state index in [1.54, 1.807) is 0 Å². The van der Waals surface area contributed by atoms with Crippen LogP contribution < -0.4 is 4.74 Å². The Morgan fingerprint density at radius 1 is 0.714 bits per heavy atom. The molecule has 3 aromatic rings. The van der Waals surface area contributed by atoms with E-state index in [4.69, 9.17) is 4.74 Å². The number of ether oxygens (including phenoxy) is 1. The van der Waals surface area contributed by atoms with E-state index < -0.39 is 0 Å². The third kappa shape index (κ3) is 2.21. The first-order valence-corrected chi connectivity index (χ1v) is 7.29. The summed E-state index contributed by atoms with van der Waals surface area (Å²) in [5.41, 5.74) is 6.81. The highest BCUT2D eigenvalue weighted by molar-refractivity contribution is 5.79. The summed E-state index contributed by atoms with van der Waals surface area (Å²) in [4.78, 5) is 0. The van der Waals surface area contributed by atoms with Gasteiger partial charge in [-0.25, -0.2) is 0 Å². The van der Waals surface area contributed by atoms with E-state index in [0.29, 0.717) is 6.61 Å². The number of para-hydroxylation sites is 1. The van der Waals surface area contributed by atoms with Gasteiger partial charge < -0.3 is 4.74 Å². The molecule has 0 atom stereocenters. The van der Waals surface area contributed by atoms with Gasteiger partial charge in [-0.2, -0.15) is 0 Å². The fraction of sp³-hybridized carbons (Fsp3) is 0.100. The quantitative estimate of drug-likeness (QED) is 0.518. The Morgan fingerprint density at radius 3 is 2.38 bits per heavy atom. The predicted molar refractivity (Wildman–Crippen MR) is 85.5 cm³/mol. The monoisotopic (exact) mass is 272 g/mol. The van der Waals surface area contributed by atoms with Gasteiger partial charge in [0.25, 0.3) is 0 Å². The van der Waals surface area contributed by atoms with Crippen LogP contribution in [0.25, 0.3) is 11.1 Å². The summed E-state index contributed by atoms with van der Waals surface area (Å²) < 4.78 is 5.93. The van der Waals surface area contributed by atoms with Crippen molar-refractivity contribution in [2.75, 3.05) is 0 Å². The van der Waals surface area contributed by atoms with Crippen LogP contribution in [0.5, 0.6) is 5.75 Å². The number of hydrogen-bond donors (Lipinski definition) is 0. The molecule has 0 saturated carbocycles. The smallest absolute Gasteiger partial charge is 0.119 e. The molecule has 0 heterocycles. The Labute approximate surface area is 124 Å². The summed E-state index contributed by atoms with van der Waals surface area (Å²) in [5, 5.41) is 0. The highest BCUT2D eigenvalue weighted by Gasteiger charge is 2.20. The molecule has 21 heavy (non-hydrogen) atoms. The van der Waals surface area contributed by atoms with Gasteiger partial charge >= 0.3 is 0 Å². The first-order valence-electron chi connectivity index (χ1n) is 7.29. The minimum atomic E-state index is 0.613. The van der Waals surface area contributed by atoms with Crippen LogP contribution in [-0.2, 0) is 13.0 Å². The van der Waals surface area contributed by atoms with Crippen LogP contribution in [0.2, 0.25) is 0 Å². The zero-order valence-corrected chi connectivity index (χ0v) is 11.8. The van der Waals surface area contributed by atoms with Crippen LogP contribution >= 0.6 is 0 Å². The lowest BCUT2D eigenvalue weighted by molar-refractivity contribution is 0.306. The van der Waals surface area contributed by atoms with Crippen LogP contribution in [0, 0.1) is 0 Å². The first-order chi connectivity index (χ1) is 10.4. The van der Waals surface area contributed by atoms with Crippen LogP contribution in [0.1, 0.15) is 16.7 Å². The predicted octanol–water partition coefficient (Wildman–Crippen LogP) is 4.84. The van der Waals surface area contributed by atoms with E-state index in [1.165, 1.54) is 27.8 Å². The van der Waals surface area contributed by atoms with Gasteiger partial charge in [-0.1, -0.05) is 60.7 Å². The molecule has 0 aliphatic heterocycles. The molecule has 3 aromatic carbocycles. The van der Waals surface area contributed by atoms with Gasteiger partial charge in [-0.05, 0) is 46.4 Å². The Morgan fingerprint density at radius 2 is 1.48 bits per heavy atom. The fourth-order valence-electron chi connectivity index (χ4n) is 3.07. The van der Waals surface area contributed by atoms with Crippen LogP contribution in [0.15, 0.2) is 72.8 Å². The maximum atomic E-state index is 5.93. The van der Waals surface area contributed by atoms with Crippen LogP contribution in [-0.4, -0.2) is 0 Å². The maximum absolute atomic E-state index is 5.93. The molecule has 0 bridgehead atoms. The van der Waals surface area contributed by atoms with Gasteiger partial charge in [-0.3, -0.25) is 0 Å². The van der Waals surface area contributed by atoms with E-state index in [0.717, 1.165) is 12.2 Å². The molecular formula is C20H16O. The van der Waals surface area contributed by atoms with Crippen molar-refractivity contribution < 1.29 is 4.74 Å². The summed E-state index contributed by atoms with van der Waals surface area (Å²) >= 11 is 0. The van der Waals surface area contributed by atoms with E-state index in [1.807, 2.05) is 30.3 Å². The van der Waals surface area contributed by atoms with Crippen molar-refractivity contribution >= 4 is 0 Å². The normalized spacial score (nSPS) is 11.8. The van der Waals surface area contributed by atoms with Crippen molar-refractivity contribution in [2.45, 2.75) is 13.0 Å². The molecule has 1 aliphatic rings. The van der Waals surface area contributed by atoms with Crippen molar-refractivity contribution in [3.05, 3.63) is 89.5 Å². The summed E-state index contributed by atoms with van der Waals surface area (Å²) in [7, 11) is 0. The molecule has 102 valence electrons. The molecule has 1 aliphatic carbocycles. The standard InChI is InChI=1S/C20H16O/c1-2-10-18(11-3-1)21-14-17-9-6-8-16-13-15-7-4-5-12-19(15)20(16)17/h1-12H,13-14H2. The minimum absolute atomic E-state index is 0.613. The van der Waals surface area contributed by atoms with E-state index >= 15 is 0 Å². The molecule has 0 unspecified atom stereocenters. The van der Waals surface area contributed by atoms with Gasteiger partial charge in [0.15, 0.2) is 0 Å². The highest BCUT2D eigenvalue weighted by Crippen LogP contribution is 2.39. The average molecular weight is 272 g/mol. The Hall–Kier alpha value is -2.54. The summed E-state index contributed by atoms with van der Waals surface area (Å²) in [5.74, 6) is 0.918. The SMILES string of the molecule is c1ccc(OCc2cccc3c2-c2ccccc2C3)cc1. The molecule has 0 radical (unpaired) electrons. The molecule has 0 spiro atoms. The second kappa shape index (κ2) is 5.10. The topological polar surface area (TPSA) is 9.23 Å². The molecule has 0 fully saturated rings. The average Bonchev–Trinajstić information content (AvgIpc) is 2.93. The third-order valence-electron chi connectivity index (χ3n) is 4.04. The molecule has 0 N–H and O–H groups in total. The second-order valence-electron chi connectivity index (χ2n) is 5.39. The zero-order valence-electron chi connectivity index (χ0n) is 11.8. The Kier molecular flexibility index (Phi) is 2.97. The van der Waals surface area contributed by atoms with E-state index in [2.05, 4.69) is 42.5 Å². The minimum Gasteiger partial charge on any atom is -0.489 e. The van der Waals surface area contributed by atoms with Crippen molar-refractivity contribution in [2.24, 2.45) is 0 Å². The first kappa shape index (κ1) is 12.2. The summed E-state index contributed by atoms with van der Waals surface area (Å²) in [6.45, 7) is 0.613. The number of fused-ring (bicyclic) bond motifs is 3. The number of hydrogen-bond acceptors (Lipinski definition) is 1. The Bertz CT molecular complexity index is 775. The molecule has 1 heteroatoms. The summed E-state index contributed by atoms with van der Waals surface area (Å²) in [6, 6.07) is 25.2. The lowest BCUT2D eigenvalue weighted by Gasteiger charge is -2.11. The number of benzene rings is 3. The lowest BCUT2D eigenvalue weighted by Crippen LogP contribution is -1.98. The molecule has 0 amide bonds. The molecule has 0 aromatic heterocycles. The highest BCUT2D eigenvalue weighted by atomic mass is 16.5. The van der Waals surface area contributed by atoms with Crippen LogP contribution in [0.3, 0.4) is 0 Å².